The Balaban J connectivity index is 0.000000461. The normalized spacial score (nSPS) is 11.2. The van der Waals surface area contributed by atoms with Gasteiger partial charge in [-0.15, -0.1) is 0 Å². The predicted molar refractivity (Wildman–Crippen MR) is 141 cm³/mol. The summed E-state index contributed by atoms with van der Waals surface area (Å²) in [5, 5.41) is 5.66. The number of hydrogen-bond donors (Lipinski definition) is 0. The van der Waals surface area contributed by atoms with Crippen LogP contribution >= 0.6 is 7.26 Å². The fourth-order valence-electron chi connectivity index (χ4n) is 4.11. The molecule has 0 fully saturated rings. The summed E-state index contributed by atoms with van der Waals surface area (Å²) in [6.07, 6.45) is 4.08. The fraction of sp³-hybridized carbons (Fsp3) is 0.143. The van der Waals surface area contributed by atoms with Crippen molar-refractivity contribution in [1.82, 2.24) is 0 Å². The molecule has 0 saturated heterocycles. The maximum absolute atomic E-state index is 2.30. The van der Waals surface area contributed by atoms with Crippen molar-refractivity contribution in [2.24, 2.45) is 0 Å². The van der Waals surface area contributed by atoms with Gasteiger partial charge in [-0.3, -0.25) is 0 Å². The first-order valence-electron chi connectivity index (χ1n) is 11.1. The van der Waals surface area contributed by atoms with E-state index in [0.717, 1.165) is 0 Å². The summed E-state index contributed by atoms with van der Waals surface area (Å²) >= 11 is 0. The molecule has 0 heterocycles. The zero-order chi connectivity index (χ0) is 21.1. The molecule has 0 bridgehead atoms. The Kier molecular flexibility index (Phi) is 8.48. The van der Waals surface area contributed by atoms with Gasteiger partial charge in [0.15, 0.2) is 0 Å². The fourth-order valence-corrected chi connectivity index (χ4v) is 8.88. The summed E-state index contributed by atoms with van der Waals surface area (Å²) in [7, 11) is -0.0881. The van der Waals surface area contributed by atoms with Crippen LogP contribution in [-0.2, 0) is 0 Å². The van der Waals surface area contributed by atoms with Gasteiger partial charge in [0.2, 0.25) is 0 Å². The van der Waals surface area contributed by atoms with E-state index in [4.69, 9.17) is 0 Å². The third-order valence-electron chi connectivity index (χ3n) is 5.53. The Morgan fingerprint density at radius 2 is 0.767 bits per heavy atom. The van der Waals surface area contributed by atoms with Crippen molar-refractivity contribution in [3.8, 4) is 0 Å². The van der Waals surface area contributed by atoms with Crippen molar-refractivity contribution in [1.29, 1.82) is 0 Å². The van der Waals surface area contributed by atoms with Crippen LogP contribution in [0.15, 0.2) is 121 Å². The van der Waals surface area contributed by atoms with Crippen LogP contribution in [0, 0.1) is 0 Å². The van der Waals surface area contributed by atoms with Gasteiger partial charge >= 0.3 is 150 Å². The molecule has 4 aromatic rings. The number of hydrogen-bond acceptors (Lipinski definition) is 0. The van der Waals surface area contributed by atoms with E-state index in [0.29, 0.717) is 0 Å². The molecule has 0 nitrogen and oxygen atoms in total. The molecule has 0 saturated carbocycles. The SMILES string of the molecule is BCCCC.c1ccc([PH](c2ccccc2)(c2ccccc2)c2ccccc2)cc1. The van der Waals surface area contributed by atoms with E-state index in [1.807, 2.05) is 0 Å². The zero-order valence-corrected chi connectivity index (χ0v) is 19.2. The average molecular weight is 410 g/mol. The van der Waals surface area contributed by atoms with Crippen LogP contribution in [-0.4, -0.2) is 7.85 Å². The van der Waals surface area contributed by atoms with Gasteiger partial charge in [-0.2, -0.15) is 0 Å². The van der Waals surface area contributed by atoms with Crippen LogP contribution < -0.4 is 21.2 Å². The van der Waals surface area contributed by atoms with Crippen molar-refractivity contribution >= 4 is 36.3 Å². The number of unbranched alkanes of at least 4 members (excludes halogenated alkanes) is 1. The third-order valence-corrected chi connectivity index (χ3v) is 10.3. The standard InChI is InChI=1S/C24H21P.C4H11B/c1-5-13-21(14-6-1)25(22-15-7-2-8-16-22,23-17-9-3-10-18-23)24-19-11-4-12-20-24;1-2-3-4-5/h1-20,25H;2-5H2,1H3. The second kappa shape index (κ2) is 11.5. The summed E-state index contributed by atoms with van der Waals surface area (Å²) in [6.45, 7) is 2.21. The third kappa shape index (κ3) is 4.92. The molecule has 0 aliphatic heterocycles. The van der Waals surface area contributed by atoms with Crippen molar-refractivity contribution in [2.45, 2.75) is 26.1 Å². The zero-order valence-electron chi connectivity index (χ0n) is 18.2. The molecule has 0 aromatic heterocycles. The van der Waals surface area contributed by atoms with Gasteiger partial charge in [0, 0.05) is 0 Å². The van der Waals surface area contributed by atoms with E-state index in [1.165, 1.54) is 40.4 Å². The first-order valence-corrected chi connectivity index (χ1v) is 13.1. The van der Waals surface area contributed by atoms with Crippen LogP contribution in [0.1, 0.15) is 19.8 Å². The van der Waals surface area contributed by atoms with E-state index in [2.05, 4.69) is 136 Å². The molecule has 2 heteroatoms. The van der Waals surface area contributed by atoms with E-state index in [9.17, 15) is 0 Å². The minimum atomic E-state index is -2.30. The summed E-state index contributed by atoms with van der Waals surface area (Å²) in [4.78, 5) is 0. The molecule has 0 N–H and O–H groups in total. The van der Waals surface area contributed by atoms with E-state index in [-0.39, 0.29) is 0 Å². The predicted octanol–water partition coefficient (Wildman–Crippen LogP) is 4.88. The summed E-state index contributed by atoms with van der Waals surface area (Å²) in [5.41, 5.74) is 0. The Bertz CT molecular complexity index is 805. The Labute approximate surface area is 183 Å². The second-order valence-corrected chi connectivity index (χ2v) is 11.4. The number of rotatable bonds is 6. The quantitative estimate of drug-likeness (QED) is 0.314. The van der Waals surface area contributed by atoms with Crippen molar-refractivity contribution in [3.05, 3.63) is 121 Å². The molecule has 0 atom stereocenters. The molecule has 0 spiro atoms. The molecule has 0 radical (unpaired) electrons. The summed E-state index contributed by atoms with van der Waals surface area (Å²) in [6, 6.07) is 44.0. The van der Waals surface area contributed by atoms with Crippen LogP contribution in [0.4, 0.5) is 0 Å². The Morgan fingerprint density at radius 3 is 0.933 bits per heavy atom. The van der Waals surface area contributed by atoms with Gasteiger partial charge in [0.05, 0.1) is 0 Å². The van der Waals surface area contributed by atoms with Crippen molar-refractivity contribution < 1.29 is 0 Å². The Morgan fingerprint density at radius 1 is 0.500 bits per heavy atom. The monoisotopic (exact) mass is 410 g/mol. The van der Waals surface area contributed by atoms with Crippen LogP contribution in [0.25, 0.3) is 0 Å². The van der Waals surface area contributed by atoms with Crippen LogP contribution in [0.2, 0.25) is 6.32 Å². The molecular weight excluding hydrogens is 378 g/mol. The van der Waals surface area contributed by atoms with Gasteiger partial charge in [-0.05, 0) is 0 Å². The Hall–Kier alpha value is -2.63. The molecule has 0 amide bonds. The van der Waals surface area contributed by atoms with Crippen molar-refractivity contribution in [2.75, 3.05) is 0 Å². The summed E-state index contributed by atoms with van der Waals surface area (Å²) < 4.78 is 0. The van der Waals surface area contributed by atoms with Crippen molar-refractivity contribution in [3.63, 3.8) is 0 Å². The van der Waals surface area contributed by atoms with Gasteiger partial charge in [0.1, 0.15) is 7.85 Å². The maximum atomic E-state index is 2.29. The average Bonchev–Trinajstić information content (AvgIpc) is 2.83. The summed E-state index contributed by atoms with van der Waals surface area (Å²) in [5.74, 6) is 0. The van der Waals surface area contributed by atoms with E-state index in [1.54, 1.807) is 0 Å². The molecule has 30 heavy (non-hydrogen) atoms. The van der Waals surface area contributed by atoms with Crippen LogP contribution in [0.5, 0.6) is 0 Å². The molecule has 152 valence electrons. The first kappa shape index (κ1) is 22.1. The van der Waals surface area contributed by atoms with Gasteiger partial charge in [0.25, 0.3) is 0 Å². The first-order chi connectivity index (χ1) is 14.8. The van der Waals surface area contributed by atoms with E-state index < -0.39 is 7.26 Å². The number of benzene rings is 4. The second-order valence-electron chi connectivity index (χ2n) is 7.57. The molecule has 0 aliphatic carbocycles. The van der Waals surface area contributed by atoms with E-state index >= 15 is 0 Å². The van der Waals surface area contributed by atoms with Gasteiger partial charge < -0.3 is 0 Å². The minimum absolute atomic E-state index is 1.34. The molecule has 4 rings (SSSR count). The van der Waals surface area contributed by atoms with Crippen LogP contribution in [0.3, 0.4) is 0 Å². The topological polar surface area (TPSA) is 0 Å². The van der Waals surface area contributed by atoms with Gasteiger partial charge in [-0.1, -0.05) is 26.1 Å². The molecule has 0 unspecified atom stereocenters. The molecule has 4 aromatic carbocycles. The molecule has 0 aliphatic rings. The van der Waals surface area contributed by atoms with Gasteiger partial charge in [-0.25, -0.2) is 0 Å². The molecular formula is C28H32BP.